The van der Waals surface area contributed by atoms with Crippen molar-refractivity contribution in [3.8, 4) is 5.75 Å². The van der Waals surface area contributed by atoms with Gasteiger partial charge in [-0.15, -0.1) is 0 Å². The van der Waals surface area contributed by atoms with E-state index in [1.54, 1.807) is 18.2 Å². The number of nitrogens with zero attached hydrogens (tertiary/aromatic N) is 1. The molecule has 6 heteroatoms. The quantitative estimate of drug-likeness (QED) is 0.858. The standard InChI is InChI=1S/C15H15FN2O3/c1-20-13-6-5-10(8-11(13)15(19)21-2)9-18-14-12(16)4-3-7-17-14/h3-8H,9H2,1-2H3,(H,17,18). The average Bonchev–Trinajstić information content (AvgIpc) is 2.53. The van der Waals surface area contributed by atoms with Crippen LogP contribution in [0.2, 0.25) is 0 Å². The minimum atomic E-state index is -0.488. The van der Waals surface area contributed by atoms with E-state index in [-0.39, 0.29) is 5.82 Å². The van der Waals surface area contributed by atoms with Crippen molar-refractivity contribution in [2.75, 3.05) is 19.5 Å². The summed E-state index contributed by atoms with van der Waals surface area (Å²) in [5.41, 5.74) is 1.10. The molecular formula is C15H15FN2O3. The summed E-state index contributed by atoms with van der Waals surface area (Å²) >= 11 is 0. The lowest BCUT2D eigenvalue weighted by atomic mass is 10.1. The van der Waals surface area contributed by atoms with Crippen LogP contribution in [0, 0.1) is 5.82 Å². The molecule has 0 aliphatic carbocycles. The first kappa shape index (κ1) is 14.8. The summed E-state index contributed by atoms with van der Waals surface area (Å²) in [7, 11) is 2.78. The van der Waals surface area contributed by atoms with E-state index in [1.165, 1.54) is 32.5 Å². The number of ether oxygens (including phenoxy) is 2. The second-order valence-corrected chi connectivity index (χ2v) is 4.21. The van der Waals surface area contributed by atoms with Crippen LogP contribution in [0.1, 0.15) is 15.9 Å². The van der Waals surface area contributed by atoms with Crippen LogP contribution in [-0.4, -0.2) is 25.2 Å². The molecule has 0 atom stereocenters. The second-order valence-electron chi connectivity index (χ2n) is 4.21. The van der Waals surface area contributed by atoms with Crippen molar-refractivity contribution < 1.29 is 18.7 Å². The molecule has 2 aromatic rings. The SMILES string of the molecule is COC(=O)c1cc(CNc2ncccc2F)ccc1OC. The second kappa shape index (κ2) is 6.69. The van der Waals surface area contributed by atoms with E-state index in [0.717, 1.165) is 5.56 Å². The number of nitrogens with one attached hydrogen (secondary N) is 1. The first-order valence-corrected chi connectivity index (χ1v) is 6.25. The van der Waals surface area contributed by atoms with Crippen molar-refractivity contribution in [2.45, 2.75) is 6.54 Å². The number of methoxy groups -OCH3 is 2. The predicted octanol–water partition coefficient (Wildman–Crippen LogP) is 2.63. The third-order valence-corrected chi connectivity index (χ3v) is 2.89. The van der Waals surface area contributed by atoms with Crippen LogP contribution in [0.4, 0.5) is 10.2 Å². The van der Waals surface area contributed by atoms with Gasteiger partial charge in [-0.3, -0.25) is 0 Å². The molecule has 21 heavy (non-hydrogen) atoms. The van der Waals surface area contributed by atoms with E-state index in [0.29, 0.717) is 17.9 Å². The van der Waals surface area contributed by atoms with Crippen LogP contribution in [0.3, 0.4) is 0 Å². The Kier molecular flexibility index (Phi) is 4.71. The van der Waals surface area contributed by atoms with Crippen molar-refractivity contribution >= 4 is 11.8 Å². The van der Waals surface area contributed by atoms with Crippen LogP contribution < -0.4 is 10.1 Å². The molecular weight excluding hydrogens is 275 g/mol. The van der Waals surface area contributed by atoms with Crippen molar-refractivity contribution in [2.24, 2.45) is 0 Å². The van der Waals surface area contributed by atoms with E-state index in [1.807, 2.05) is 0 Å². The Balaban J connectivity index is 2.17. The highest BCUT2D eigenvalue weighted by molar-refractivity contribution is 5.92. The number of hydrogen-bond donors (Lipinski definition) is 1. The highest BCUT2D eigenvalue weighted by Crippen LogP contribution is 2.21. The summed E-state index contributed by atoms with van der Waals surface area (Å²) in [6.45, 7) is 0.321. The molecule has 5 nitrogen and oxygen atoms in total. The molecule has 110 valence electrons. The smallest absolute Gasteiger partial charge is 0.341 e. The highest BCUT2D eigenvalue weighted by Gasteiger charge is 2.13. The molecule has 1 aromatic carbocycles. The zero-order valence-corrected chi connectivity index (χ0v) is 11.7. The predicted molar refractivity (Wildman–Crippen MR) is 75.9 cm³/mol. The van der Waals surface area contributed by atoms with Crippen molar-refractivity contribution in [1.29, 1.82) is 0 Å². The van der Waals surface area contributed by atoms with Crippen LogP contribution in [0.15, 0.2) is 36.5 Å². The third-order valence-electron chi connectivity index (χ3n) is 2.89. The van der Waals surface area contributed by atoms with Gasteiger partial charge in [0.1, 0.15) is 11.3 Å². The van der Waals surface area contributed by atoms with Gasteiger partial charge in [-0.25, -0.2) is 14.2 Å². The van der Waals surface area contributed by atoms with Gasteiger partial charge >= 0.3 is 5.97 Å². The number of halogens is 1. The summed E-state index contributed by atoms with van der Waals surface area (Å²) in [5.74, 6) is -0.334. The minimum absolute atomic E-state index is 0.160. The van der Waals surface area contributed by atoms with Gasteiger partial charge in [-0.1, -0.05) is 6.07 Å². The number of benzene rings is 1. The summed E-state index contributed by atoms with van der Waals surface area (Å²) < 4.78 is 23.3. The van der Waals surface area contributed by atoms with Gasteiger partial charge in [-0.2, -0.15) is 0 Å². The zero-order valence-electron chi connectivity index (χ0n) is 11.7. The molecule has 1 heterocycles. The van der Waals surface area contributed by atoms with Crippen LogP contribution in [0.25, 0.3) is 0 Å². The summed E-state index contributed by atoms with van der Waals surface area (Å²) in [4.78, 5) is 15.6. The molecule has 0 aliphatic rings. The van der Waals surface area contributed by atoms with Gasteiger partial charge in [0.25, 0.3) is 0 Å². The first-order valence-electron chi connectivity index (χ1n) is 6.25. The topological polar surface area (TPSA) is 60.5 Å². The number of carbonyl (C=O) groups excluding carboxylic acids is 1. The molecule has 0 aliphatic heterocycles. The first-order chi connectivity index (χ1) is 10.2. The van der Waals surface area contributed by atoms with E-state index in [2.05, 4.69) is 10.3 Å². The molecule has 0 saturated heterocycles. The van der Waals surface area contributed by atoms with Crippen LogP contribution >= 0.6 is 0 Å². The van der Waals surface area contributed by atoms with Gasteiger partial charge < -0.3 is 14.8 Å². The van der Waals surface area contributed by atoms with Gasteiger partial charge in [0, 0.05) is 12.7 Å². The molecule has 0 spiro atoms. The monoisotopic (exact) mass is 290 g/mol. The number of anilines is 1. The lowest BCUT2D eigenvalue weighted by molar-refractivity contribution is 0.0597. The van der Waals surface area contributed by atoms with E-state index < -0.39 is 11.8 Å². The van der Waals surface area contributed by atoms with Crippen LogP contribution in [0.5, 0.6) is 5.75 Å². The van der Waals surface area contributed by atoms with Crippen molar-refractivity contribution in [3.63, 3.8) is 0 Å². The maximum absolute atomic E-state index is 13.5. The Morgan fingerprint density at radius 2 is 2.14 bits per heavy atom. The van der Waals surface area contributed by atoms with E-state index in [4.69, 9.17) is 9.47 Å². The lowest BCUT2D eigenvalue weighted by Crippen LogP contribution is -2.07. The molecule has 0 fully saturated rings. The maximum atomic E-state index is 13.5. The van der Waals surface area contributed by atoms with E-state index in [9.17, 15) is 9.18 Å². The number of hydrogen-bond acceptors (Lipinski definition) is 5. The van der Waals surface area contributed by atoms with Gasteiger partial charge in [0.2, 0.25) is 0 Å². The molecule has 1 N–H and O–H groups in total. The molecule has 0 saturated carbocycles. The zero-order chi connectivity index (χ0) is 15.2. The lowest BCUT2D eigenvalue weighted by Gasteiger charge is -2.10. The van der Waals surface area contributed by atoms with Crippen molar-refractivity contribution in [1.82, 2.24) is 4.98 Å². The molecule has 2 rings (SSSR count). The number of esters is 1. The van der Waals surface area contributed by atoms with Crippen LogP contribution in [-0.2, 0) is 11.3 Å². The fourth-order valence-corrected chi connectivity index (χ4v) is 1.84. The summed E-state index contributed by atoms with van der Waals surface area (Å²) in [6.07, 6.45) is 1.50. The Morgan fingerprint density at radius 1 is 1.33 bits per heavy atom. The Labute approximate surface area is 121 Å². The molecule has 0 unspecified atom stereocenters. The Morgan fingerprint density at radius 3 is 2.81 bits per heavy atom. The Hall–Kier alpha value is -2.63. The number of rotatable bonds is 5. The fourth-order valence-electron chi connectivity index (χ4n) is 1.84. The highest BCUT2D eigenvalue weighted by atomic mass is 19.1. The minimum Gasteiger partial charge on any atom is -0.496 e. The van der Waals surface area contributed by atoms with E-state index >= 15 is 0 Å². The normalized spacial score (nSPS) is 10.0. The molecule has 0 bridgehead atoms. The maximum Gasteiger partial charge on any atom is 0.341 e. The van der Waals surface area contributed by atoms with Crippen molar-refractivity contribution in [3.05, 3.63) is 53.5 Å². The average molecular weight is 290 g/mol. The molecule has 0 radical (unpaired) electrons. The summed E-state index contributed by atoms with van der Waals surface area (Å²) in [6, 6.07) is 7.92. The van der Waals surface area contributed by atoms with Gasteiger partial charge in [0.05, 0.1) is 14.2 Å². The summed E-state index contributed by atoms with van der Waals surface area (Å²) in [5, 5.41) is 2.87. The Bertz CT molecular complexity index is 647. The molecule has 1 aromatic heterocycles. The number of carbonyl (C=O) groups is 1. The largest absolute Gasteiger partial charge is 0.496 e. The molecule has 0 amide bonds. The van der Waals surface area contributed by atoms with Gasteiger partial charge in [0.15, 0.2) is 11.6 Å². The third kappa shape index (κ3) is 3.47. The number of pyridine rings is 1. The fraction of sp³-hybridized carbons (Fsp3) is 0.200. The van der Waals surface area contributed by atoms with Gasteiger partial charge in [-0.05, 0) is 29.8 Å². The number of aromatic nitrogens is 1.